The summed E-state index contributed by atoms with van der Waals surface area (Å²) < 4.78 is 0. The molecule has 13 heavy (non-hydrogen) atoms. The van der Waals surface area contributed by atoms with Crippen molar-refractivity contribution >= 4 is 5.97 Å². The Labute approximate surface area is 81.7 Å². The minimum absolute atomic E-state index is 0.389. The van der Waals surface area contributed by atoms with E-state index in [0.717, 1.165) is 0 Å². The first-order valence-corrected chi connectivity index (χ1v) is 4.96. The Morgan fingerprint density at radius 3 is 1.69 bits per heavy atom. The van der Waals surface area contributed by atoms with Crippen molar-refractivity contribution in [3.8, 4) is 0 Å². The highest BCUT2D eigenvalue weighted by Gasteiger charge is 1.93. The third-order valence-electron chi connectivity index (χ3n) is 1.73. The lowest BCUT2D eigenvalue weighted by Crippen LogP contribution is -1.93. The quantitative estimate of drug-likeness (QED) is 0.537. The van der Waals surface area contributed by atoms with Crippen LogP contribution in [-0.4, -0.2) is 11.1 Å². The molecule has 0 aromatic heterocycles. The molecule has 0 atom stereocenters. The number of hydrogen-bond acceptors (Lipinski definition) is 1. The van der Waals surface area contributed by atoms with Crippen LogP contribution in [0.2, 0.25) is 0 Å². The van der Waals surface area contributed by atoms with E-state index in [2.05, 4.69) is 13.8 Å². The zero-order valence-corrected chi connectivity index (χ0v) is 9.26. The van der Waals surface area contributed by atoms with Crippen LogP contribution in [0.1, 0.15) is 53.4 Å². The third-order valence-corrected chi connectivity index (χ3v) is 1.73. The molecule has 0 aliphatic rings. The second-order valence-electron chi connectivity index (χ2n) is 2.98. The van der Waals surface area contributed by atoms with Crippen LogP contribution in [0.25, 0.3) is 0 Å². The molecule has 0 bridgehead atoms. The Hall–Kier alpha value is -0.790. The molecule has 0 aliphatic carbocycles. The average Bonchev–Trinajstić information content (AvgIpc) is 2.14. The van der Waals surface area contributed by atoms with Gasteiger partial charge in [0.2, 0.25) is 0 Å². The number of unbranched alkanes of at least 4 members (excludes halogenated alkanes) is 3. The van der Waals surface area contributed by atoms with Crippen LogP contribution in [0, 0.1) is 0 Å². The topological polar surface area (TPSA) is 37.3 Å². The van der Waals surface area contributed by atoms with Crippen molar-refractivity contribution in [1.82, 2.24) is 0 Å². The van der Waals surface area contributed by atoms with Gasteiger partial charge in [-0.2, -0.15) is 0 Å². The van der Waals surface area contributed by atoms with Gasteiger partial charge in [0.1, 0.15) is 0 Å². The van der Waals surface area contributed by atoms with Gasteiger partial charge >= 0.3 is 5.97 Å². The molecule has 0 aromatic carbocycles. The van der Waals surface area contributed by atoms with Crippen molar-refractivity contribution in [1.29, 1.82) is 0 Å². The number of rotatable bonds is 4. The second kappa shape index (κ2) is 11.2. The Bertz CT molecular complexity index is 144. The summed E-state index contributed by atoms with van der Waals surface area (Å²) in [6, 6.07) is 0. The van der Waals surface area contributed by atoms with Crippen molar-refractivity contribution in [2.24, 2.45) is 0 Å². The monoisotopic (exact) mass is 186 g/mol. The van der Waals surface area contributed by atoms with Crippen LogP contribution in [0.5, 0.6) is 0 Å². The molecule has 0 unspecified atom stereocenters. The largest absolute Gasteiger partial charge is 0.478 e. The zero-order chi connectivity index (χ0) is 10.7. The normalized spacial score (nSPS) is 10.3. The smallest absolute Gasteiger partial charge is 0.330 e. The van der Waals surface area contributed by atoms with Crippen LogP contribution in [0.3, 0.4) is 0 Å². The lowest BCUT2D eigenvalue weighted by molar-refractivity contribution is -0.132. The summed E-state index contributed by atoms with van der Waals surface area (Å²) >= 11 is 0. The molecule has 0 aromatic rings. The molecule has 78 valence electrons. The molecule has 0 aliphatic heterocycles. The van der Waals surface area contributed by atoms with Crippen LogP contribution < -0.4 is 0 Å². The Morgan fingerprint density at radius 1 is 1.23 bits per heavy atom. The molecule has 0 rings (SSSR count). The van der Waals surface area contributed by atoms with Gasteiger partial charge in [0.05, 0.1) is 0 Å². The van der Waals surface area contributed by atoms with E-state index in [-0.39, 0.29) is 0 Å². The highest BCUT2D eigenvalue weighted by atomic mass is 16.4. The lowest BCUT2D eigenvalue weighted by Gasteiger charge is -1.86. The maximum Gasteiger partial charge on any atom is 0.330 e. The predicted molar refractivity (Wildman–Crippen MR) is 56.9 cm³/mol. The van der Waals surface area contributed by atoms with Crippen molar-refractivity contribution < 1.29 is 9.90 Å². The molecular weight excluding hydrogens is 164 g/mol. The number of carboxylic acids is 1. The maximum absolute atomic E-state index is 9.86. The predicted octanol–water partition coefficient (Wildman–Crippen LogP) is 3.62. The van der Waals surface area contributed by atoms with E-state index in [1.807, 2.05) is 0 Å². The summed E-state index contributed by atoms with van der Waals surface area (Å²) in [5.74, 6) is -0.845. The van der Waals surface area contributed by atoms with Crippen LogP contribution in [-0.2, 0) is 4.79 Å². The van der Waals surface area contributed by atoms with Gasteiger partial charge < -0.3 is 5.11 Å². The van der Waals surface area contributed by atoms with Crippen LogP contribution in [0.4, 0.5) is 0 Å². The van der Waals surface area contributed by atoms with Crippen molar-refractivity contribution in [2.75, 3.05) is 0 Å². The summed E-state index contributed by atoms with van der Waals surface area (Å²) in [6.45, 7) is 7.72. The van der Waals surface area contributed by atoms with E-state index in [1.54, 1.807) is 19.9 Å². The molecule has 0 spiro atoms. The van der Waals surface area contributed by atoms with Gasteiger partial charge in [-0.15, -0.1) is 0 Å². The highest BCUT2D eigenvalue weighted by molar-refractivity contribution is 5.85. The van der Waals surface area contributed by atoms with Gasteiger partial charge in [-0.1, -0.05) is 45.6 Å². The first-order valence-electron chi connectivity index (χ1n) is 4.96. The maximum atomic E-state index is 9.86. The number of aliphatic carboxylic acids is 1. The summed E-state index contributed by atoms with van der Waals surface area (Å²) in [5, 5.41) is 8.11. The average molecular weight is 186 g/mol. The molecular formula is C11H22O2. The summed E-state index contributed by atoms with van der Waals surface area (Å²) in [6.07, 6.45) is 7.09. The minimum atomic E-state index is -0.845. The molecule has 0 heterocycles. The number of carbonyl (C=O) groups is 1. The number of hydrogen-bond donors (Lipinski definition) is 1. The lowest BCUT2D eigenvalue weighted by atomic mass is 10.2. The standard InChI is InChI=1S/C6H14.C5H8O2/c1-3-5-6-4-2;1-3-4(2)5(6)7/h3-6H2,1-2H3;3H,1-2H3,(H,6,7)/b;4-3+. The minimum Gasteiger partial charge on any atom is -0.478 e. The van der Waals surface area contributed by atoms with E-state index < -0.39 is 5.97 Å². The van der Waals surface area contributed by atoms with Crippen LogP contribution in [0.15, 0.2) is 11.6 Å². The Balaban J connectivity index is 0. The molecule has 1 N–H and O–H groups in total. The van der Waals surface area contributed by atoms with E-state index in [9.17, 15) is 4.79 Å². The van der Waals surface area contributed by atoms with Crippen molar-refractivity contribution in [3.63, 3.8) is 0 Å². The molecule has 0 fully saturated rings. The fourth-order valence-corrected chi connectivity index (χ4v) is 0.623. The summed E-state index contributed by atoms with van der Waals surface area (Å²) in [7, 11) is 0. The number of carboxylic acid groups (broad SMARTS) is 1. The summed E-state index contributed by atoms with van der Waals surface area (Å²) in [5.41, 5.74) is 0.389. The van der Waals surface area contributed by atoms with Gasteiger partial charge in [-0.05, 0) is 13.8 Å². The Morgan fingerprint density at radius 2 is 1.62 bits per heavy atom. The molecule has 0 saturated carbocycles. The van der Waals surface area contributed by atoms with Gasteiger partial charge in [-0.25, -0.2) is 4.79 Å². The van der Waals surface area contributed by atoms with Gasteiger partial charge in [0.15, 0.2) is 0 Å². The number of allylic oxidation sites excluding steroid dienone is 1. The van der Waals surface area contributed by atoms with Gasteiger partial charge in [0, 0.05) is 5.57 Å². The second-order valence-corrected chi connectivity index (χ2v) is 2.98. The van der Waals surface area contributed by atoms with E-state index in [4.69, 9.17) is 5.11 Å². The van der Waals surface area contributed by atoms with E-state index in [0.29, 0.717) is 5.57 Å². The molecule has 0 radical (unpaired) electrons. The zero-order valence-electron chi connectivity index (χ0n) is 9.26. The first-order chi connectivity index (χ1) is 6.09. The Kier molecular flexibility index (Phi) is 12.7. The van der Waals surface area contributed by atoms with E-state index >= 15 is 0 Å². The fraction of sp³-hybridized carbons (Fsp3) is 0.727. The van der Waals surface area contributed by atoms with Crippen molar-refractivity contribution in [2.45, 2.75) is 53.4 Å². The summed E-state index contributed by atoms with van der Waals surface area (Å²) in [4.78, 5) is 9.86. The molecule has 2 nitrogen and oxygen atoms in total. The van der Waals surface area contributed by atoms with Gasteiger partial charge in [-0.3, -0.25) is 0 Å². The molecule has 0 saturated heterocycles. The third kappa shape index (κ3) is 14.1. The van der Waals surface area contributed by atoms with Gasteiger partial charge in [0.25, 0.3) is 0 Å². The first kappa shape index (κ1) is 14.7. The fourth-order valence-electron chi connectivity index (χ4n) is 0.623. The van der Waals surface area contributed by atoms with Crippen LogP contribution >= 0.6 is 0 Å². The SMILES string of the molecule is C/C=C(\C)C(=O)O.CCCCCC. The molecule has 2 heteroatoms. The van der Waals surface area contributed by atoms with E-state index in [1.165, 1.54) is 25.7 Å². The van der Waals surface area contributed by atoms with Crippen molar-refractivity contribution in [3.05, 3.63) is 11.6 Å². The molecule has 0 amide bonds. The highest BCUT2D eigenvalue weighted by Crippen LogP contribution is 1.95.